The van der Waals surface area contributed by atoms with Crippen molar-refractivity contribution in [3.8, 4) is 5.75 Å². The molecular formula is C13H13N3O4S. The van der Waals surface area contributed by atoms with Crippen LogP contribution in [-0.2, 0) is 10.0 Å². The van der Waals surface area contributed by atoms with E-state index in [1.54, 1.807) is 12.1 Å². The second-order valence-electron chi connectivity index (χ2n) is 4.27. The number of amides is 1. The molecule has 0 atom stereocenters. The number of rotatable bonds is 4. The number of aromatic hydroxyl groups is 1. The fraction of sp³-hybridized carbons (Fsp3) is 0. The first-order chi connectivity index (χ1) is 9.79. The first-order valence-electron chi connectivity index (χ1n) is 5.81. The number of nitrogens with one attached hydrogen (secondary N) is 1. The molecule has 0 aliphatic heterocycles. The summed E-state index contributed by atoms with van der Waals surface area (Å²) in [6.45, 7) is 0. The lowest BCUT2D eigenvalue weighted by Gasteiger charge is -2.09. The second kappa shape index (κ2) is 5.33. The Morgan fingerprint density at radius 1 is 1.10 bits per heavy atom. The molecular weight excluding hydrogens is 294 g/mol. The van der Waals surface area contributed by atoms with E-state index in [2.05, 4.69) is 4.72 Å². The molecule has 0 bridgehead atoms. The van der Waals surface area contributed by atoms with Gasteiger partial charge in [-0.05, 0) is 42.5 Å². The number of phenols is 1. The van der Waals surface area contributed by atoms with Crippen LogP contribution in [0.4, 0.5) is 11.4 Å². The first-order valence-corrected chi connectivity index (χ1v) is 7.29. The van der Waals surface area contributed by atoms with Gasteiger partial charge >= 0.3 is 0 Å². The summed E-state index contributed by atoms with van der Waals surface area (Å²) in [5.41, 5.74) is 11.1. The number of carbonyl (C=O) groups excluding carboxylic acids is 1. The highest BCUT2D eigenvalue weighted by atomic mass is 32.2. The van der Waals surface area contributed by atoms with Crippen LogP contribution >= 0.6 is 0 Å². The fourth-order valence-corrected chi connectivity index (χ4v) is 2.73. The normalized spacial score (nSPS) is 11.0. The van der Waals surface area contributed by atoms with Crippen LogP contribution in [0, 0.1) is 0 Å². The van der Waals surface area contributed by atoms with Gasteiger partial charge in [-0.1, -0.05) is 0 Å². The number of hydrogen-bond acceptors (Lipinski definition) is 5. The summed E-state index contributed by atoms with van der Waals surface area (Å²) in [4.78, 5) is 10.9. The van der Waals surface area contributed by atoms with Gasteiger partial charge in [-0.15, -0.1) is 0 Å². The van der Waals surface area contributed by atoms with Gasteiger partial charge in [0, 0.05) is 11.4 Å². The highest BCUT2D eigenvalue weighted by Crippen LogP contribution is 2.23. The maximum Gasteiger partial charge on any atom is 0.261 e. The molecule has 0 aromatic heterocycles. The summed E-state index contributed by atoms with van der Waals surface area (Å²) in [7, 11) is -3.91. The van der Waals surface area contributed by atoms with Crippen LogP contribution in [0.5, 0.6) is 5.75 Å². The van der Waals surface area contributed by atoms with E-state index >= 15 is 0 Å². The van der Waals surface area contributed by atoms with Crippen LogP contribution < -0.4 is 16.2 Å². The molecule has 8 heteroatoms. The lowest BCUT2D eigenvalue weighted by molar-refractivity contribution is 0.0997. The minimum atomic E-state index is -3.91. The summed E-state index contributed by atoms with van der Waals surface area (Å²) in [5.74, 6) is -1.30. The number of nitrogens with two attached hydrogens (primary N) is 2. The van der Waals surface area contributed by atoms with Crippen LogP contribution in [-0.4, -0.2) is 19.4 Å². The lowest BCUT2D eigenvalue weighted by atomic mass is 10.2. The second-order valence-corrected chi connectivity index (χ2v) is 5.95. The highest BCUT2D eigenvalue weighted by Gasteiger charge is 2.18. The van der Waals surface area contributed by atoms with Gasteiger partial charge < -0.3 is 16.6 Å². The number of nitrogen functional groups attached to an aromatic ring is 1. The zero-order valence-corrected chi connectivity index (χ0v) is 11.6. The van der Waals surface area contributed by atoms with Crippen molar-refractivity contribution in [3.05, 3.63) is 48.0 Å². The Balaban J connectivity index is 2.38. The van der Waals surface area contributed by atoms with Crippen molar-refractivity contribution in [2.75, 3.05) is 10.5 Å². The van der Waals surface area contributed by atoms with Gasteiger partial charge in [0.2, 0.25) is 0 Å². The van der Waals surface area contributed by atoms with Crippen molar-refractivity contribution in [2.45, 2.75) is 4.90 Å². The van der Waals surface area contributed by atoms with E-state index in [-0.39, 0.29) is 16.2 Å². The standard InChI is InChI=1S/C13H13N3O4S/c14-8-1-3-9(4-2-8)16-21(19,20)10-5-6-12(17)11(7-10)13(15)18/h1-7,16-17H,14H2,(H2,15,18). The van der Waals surface area contributed by atoms with Crippen molar-refractivity contribution in [1.82, 2.24) is 0 Å². The Labute approximate surface area is 121 Å². The molecule has 0 saturated heterocycles. The average molecular weight is 307 g/mol. The summed E-state index contributed by atoms with van der Waals surface area (Å²) < 4.78 is 26.7. The smallest absolute Gasteiger partial charge is 0.261 e. The molecule has 0 saturated carbocycles. The Bertz CT molecular complexity index is 786. The third-order valence-corrected chi connectivity index (χ3v) is 4.09. The maximum absolute atomic E-state index is 12.2. The van der Waals surface area contributed by atoms with Crippen molar-refractivity contribution < 1.29 is 18.3 Å². The molecule has 21 heavy (non-hydrogen) atoms. The SMILES string of the molecule is NC(=O)c1cc(S(=O)(=O)Nc2ccc(N)cc2)ccc1O. The van der Waals surface area contributed by atoms with Crippen LogP contribution in [0.2, 0.25) is 0 Å². The number of carbonyl (C=O) groups is 1. The molecule has 2 rings (SSSR count). The minimum absolute atomic E-state index is 0.189. The summed E-state index contributed by atoms with van der Waals surface area (Å²) in [6.07, 6.45) is 0. The van der Waals surface area contributed by atoms with Crippen LogP contribution in [0.3, 0.4) is 0 Å². The van der Waals surface area contributed by atoms with E-state index in [0.29, 0.717) is 11.4 Å². The number of benzene rings is 2. The topological polar surface area (TPSA) is 136 Å². The quantitative estimate of drug-likeness (QED) is 0.621. The van der Waals surface area contributed by atoms with Crippen LogP contribution in [0.25, 0.3) is 0 Å². The Kier molecular flexibility index (Phi) is 3.72. The fourth-order valence-electron chi connectivity index (χ4n) is 1.64. The van der Waals surface area contributed by atoms with Crippen molar-refractivity contribution in [1.29, 1.82) is 0 Å². The van der Waals surface area contributed by atoms with Gasteiger partial charge in [-0.2, -0.15) is 0 Å². The highest BCUT2D eigenvalue weighted by molar-refractivity contribution is 7.92. The predicted octanol–water partition coefficient (Wildman–Crippen LogP) is 0.874. The molecule has 110 valence electrons. The van der Waals surface area contributed by atoms with Crippen molar-refractivity contribution >= 4 is 27.3 Å². The minimum Gasteiger partial charge on any atom is -0.507 e. The Morgan fingerprint density at radius 2 is 1.71 bits per heavy atom. The molecule has 7 nitrogen and oxygen atoms in total. The maximum atomic E-state index is 12.2. The van der Waals surface area contributed by atoms with Gasteiger partial charge in [0.15, 0.2) is 0 Å². The molecule has 2 aromatic rings. The van der Waals surface area contributed by atoms with E-state index in [1.807, 2.05) is 0 Å². The molecule has 2 aromatic carbocycles. The molecule has 0 heterocycles. The first kappa shape index (κ1) is 14.7. The van der Waals surface area contributed by atoms with E-state index in [9.17, 15) is 18.3 Å². The summed E-state index contributed by atoms with van der Waals surface area (Å²) in [6, 6.07) is 9.37. The molecule has 0 fully saturated rings. The lowest BCUT2D eigenvalue weighted by Crippen LogP contribution is -2.16. The predicted molar refractivity (Wildman–Crippen MR) is 78.3 cm³/mol. The van der Waals surface area contributed by atoms with E-state index < -0.39 is 15.9 Å². The largest absolute Gasteiger partial charge is 0.507 e. The monoisotopic (exact) mass is 307 g/mol. The summed E-state index contributed by atoms with van der Waals surface area (Å²) >= 11 is 0. The molecule has 0 radical (unpaired) electrons. The van der Waals surface area contributed by atoms with Gasteiger partial charge in [0.1, 0.15) is 5.75 Å². The molecule has 0 aliphatic carbocycles. The number of anilines is 2. The number of primary amides is 1. The zero-order chi connectivity index (χ0) is 15.6. The molecule has 6 N–H and O–H groups in total. The number of sulfonamides is 1. The third kappa shape index (κ3) is 3.23. The van der Waals surface area contributed by atoms with Crippen LogP contribution in [0.1, 0.15) is 10.4 Å². The van der Waals surface area contributed by atoms with Gasteiger partial charge in [0.05, 0.1) is 10.5 Å². The molecule has 0 spiro atoms. The Hall–Kier alpha value is -2.74. The van der Waals surface area contributed by atoms with E-state index in [1.165, 1.54) is 18.2 Å². The zero-order valence-electron chi connectivity index (χ0n) is 10.8. The average Bonchev–Trinajstić information content (AvgIpc) is 2.41. The van der Waals surface area contributed by atoms with Gasteiger partial charge in [-0.25, -0.2) is 8.42 Å². The van der Waals surface area contributed by atoms with Crippen LogP contribution in [0.15, 0.2) is 47.4 Å². The van der Waals surface area contributed by atoms with Crippen molar-refractivity contribution in [3.63, 3.8) is 0 Å². The Morgan fingerprint density at radius 3 is 2.29 bits per heavy atom. The van der Waals surface area contributed by atoms with Gasteiger partial charge in [0.25, 0.3) is 15.9 Å². The van der Waals surface area contributed by atoms with E-state index in [0.717, 1.165) is 12.1 Å². The molecule has 0 aliphatic rings. The van der Waals surface area contributed by atoms with Crippen molar-refractivity contribution in [2.24, 2.45) is 5.73 Å². The van der Waals surface area contributed by atoms with Gasteiger partial charge in [-0.3, -0.25) is 9.52 Å². The molecule has 0 unspecified atom stereocenters. The number of hydrogen-bond donors (Lipinski definition) is 4. The summed E-state index contributed by atoms with van der Waals surface area (Å²) in [5, 5.41) is 9.46. The van der Waals surface area contributed by atoms with E-state index in [4.69, 9.17) is 11.5 Å². The third-order valence-electron chi connectivity index (χ3n) is 2.71. The molecule has 1 amide bonds.